The van der Waals surface area contributed by atoms with Crippen molar-refractivity contribution in [3.05, 3.63) is 23.7 Å². The number of carbonyl (C=O) groups excluding carboxylic acids is 1. The van der Waals surface area contributed by atoms with E-state index in [1.165, 1.54) is 12.1 Å². The first kappa shape index (κ1) is 15.5. The molecule has 1 saturated heterocycles. The minimum absolute atomic E-state index is 0.131. The molecule has 1 amide bonds. The standard InChI is InChI=1S/C14H20N2O5/c17-13(5-8-20-10-3-6-15-7-4-10)16-9-11-1-2-12(21-11)14(18)19/h1-2,10,15H,3-9H2,(H,16,17)(H,18,19). The van der Waals surface area contributed by atoms with Crippen LogP contribution in [-0.4, -0.2) is 42.8 Å². The lowest BCUT2D eigenvalue weighted by Crippen LogP contribution is -2.33. The molecule has 1 aliphatic heterocycles. The van der Waals surface area contributed by atoms with E-state index in [0.717, 1.165) is 25.9 Å². The molecule has 21 heavy (non-hydrogen) atoms. The fourth-order valence-corrected chi connectivity index (χ4v) is 2.14. The average Bonchev–Trinajstić information content (AvgIpc) is 2.95. The Balaban J connectivity index is 1.61. The first-order chi connectivity index (χ1) is 10.1. The second-order valence-corrected chi connectivity index (χ2v) is 4.92. The first-order valence-electron chi connectivity index (χ1n) is 7.06. The summed E-state index contributed by atoms with van der Waals surface area (Å²) >= 11 is 0. The molecule has 1 fully saturated rings. The van der Waals surface area contributed by atoms with E-state index in [1.807, 2.05) is 0 Å². The van der Waals surface area contributed by atoms with Crippen LogP contribution in [-0.2, 0) is 16.1 Å². The Labute approximate surface area is 122 Å². The summed E-state index contributed by atoms with van der Waals surface area (Å²) in [4.78, 5) is 22.3. The van der Waals surface area contributed by atoms with Gasteiger partial charge in [-0.3, -0.25) is 4.79 Å². The van der Waals surface area contributed by atoms with Crippen molar-refractivity contribution in [3.63, 3.8) is 0 Å². The maximum atomic E-state index is 11.6. The van der Waals surface area contributed by atoms with E-state index in [1.54, 1.807) is 0 Å². The van der Waals surface area contributed by atoms with Crippen molar-refractivity contribution in [2.75, 3.05) is 19.7 Å². The number of amides is 1. The van der Waals surface area contributed by atoms with E-state index < -0.39 is 5.97 Å². The topological polar surface area (TPSA) is 101 Å². The van der Waals surface area contributed by atoms with Crippen LogP contribution in [0.4, 0.5) is 0 Å². The summed E-state index contributed by atoms with van der Waals surface area (Å²) in [6, 6.07) is 2.90. The fourth-order valence-electron chi connectivity index (χ4n) is 2.14. The highest BCUT2D eigenvalue weighted by molar-refractivity contribution is 5.84. The highest BCUT2D eigenvalue weighted by Gasteiger charge is 2.14. The molecular formula is C14H20N2O5. The van der Waals surface area contributed by atoms with Crippen LogP contribution >= 0.6 is 0 Å². The number of carboxylic acids is 1. The van der Waals surface area contributed by atoms with E-state index in [-0.39, 0.29) is 30.7 Å². The van der Waals surface area contributed by atoms with Gasteiger partial charge >= 0.3 is 5.97 Å². The summed E-state index contributed by atoms with van der Waals surface area (Å²) in [5.74, 6) is -0.978. The number of nitrogens with one attached hydrogen (secondary N) is 2. The van der Waals surface area contributed by atoms with Crippen LogP contribution in [0.5, 0.6) is 0 Å². The highest BCUT2D eigenvalue weighted by atomic mass is 16.5. The second-order valence-electron chi connectivity index (χ2n) is 4.92. The van der Waals surface area contributed by atoms with Gasteiger partial charge in [-0.1, -0.05) is 0 Å². The number of hydrogen-bond donors (Lipinski definition) is 3. The first-order valence-corrected chi connectivity index (χ1v) is 7.06. The predicted octanol–water partition coefficient (Wildman–Crippen LogP) is 0.753. The minimum atomic E-state index is -1.12. The molecule has 1 aromatic heterocycles. The van der Waals surface area contributed by atoms with Crippen LogP contribution < -0.4 is 10.6 Å². The molecule has 7 heteroatoms. The summed E-state index contributed by atoms with van der Waals surface area (Å²) in [6.45, 7) is 2.50. The summed E-state index contributed by atoms with van der Waals surface area (Å²) in [5.41, 5.74) is 0. The number of ether oxygens (including phenoxy) is 1. The van der Waals surface area contributed by atoms with Crippen LogP contribution in [0.15, 0.2) is 16.5 Å². The molecule has 2 rings (SSSR count). The minimum Gasteiger partial charge on any atom is -0.475 e. The van der Waals surface area contributed by atoms with Gasteiger partial charge in [0.15, 0.2) is 0 Å². The molecule has 2 heterocycles. The van der Waals surface area contributed by atoms with Gasteiger partial charge in [0.1, 0.15) is 5.76 Å². The average molecular weight is 296 g/mol. The molecule has 1 aromatic rings. The Hall–Kier alpha value is -1.86. The van der Waals surface area contributed by atoms with Gasteiger partial charge in [0, 0.05) is 6.42 Å². The van der Waals surface area contributed by atoms with Gasteiger partial charge in [-0.2, -0.15) is 0 Å². The van der Waals surface area contributed by atoms with Crippen molar-refractivity contribution in [3.8, 4) is 0 Å². The largest absolute Gasteiger partial charge is 0.475 e. The van der Waals surface area contributed by atoms with Gasteiger partial charge < -0.3 is 24.9 Å². The lowest BCUT2D eigenvalue weighted by Gasteiger charge is -2.22. The number of rotatable bonds is 7. The zero-order valence-electron chi connectivity index (χ0n) is 11.8. The van der Waals surface area contributed by atoms with E-state index in [0.29, 0.717) is 12.4 Å². The SMILES string of the molecule is O=C(CCOC1CCNCC1)NCc1ccc(C(=O)O)o1. The molecule has 0 unspecified atom stereocenters. The molecule has 0 atom stereocenters. The number of carbonyl (C=O) groups is 2. The number of carboxylic acid groups (broad SMARTS) is 1. The Morgan fingerprint density at radius 1 is 1.38 bits per heavy atom. The zero-order chi connectivity index (χ0) is 15.1. The number of hydrogen-bond acceptors (Lipinski definition) is 5. The summed E-state index contributed by atoms with van der Waals surface area (Å²) in [5, 5.41) is 14.6. The molecule has 0 radical (unpaired) electrons. The zero-order valence-corrected chi connectivity index (χ0v) is 11.8. The molecule has 7 nitrogen and oxygen atoms in total. The van der Waals surface area contributed by atoms with E-state index in [9.17, 15) is 9.59 Å². The molecule has 1 aliphatic rings. The quantitative estimate of drug-likeness (QED) is 0.686. The molecule has 0 saturated carbocycles. The number of piperidine rings is 1. The third-order valence-corrected chi connectivity index (χ3v) is 3.30. The maximum absolute atomic E-state index is 11.6. The smallest absolute Gasteiger partial charge is 0.371 e. The predicted molar refractivity (Wildman–Crippen MR) is 74.0 cm³/mol. The maximum Gasteiger partial charge on any atom is 0.371 e. The van der Waals surface area contributed by atoms with Crippen LogP contribution in [0.2, 0.25) is 0 Å². The van der Waals surface area contributed by atoms with Crippen LogP contribution in [0.25, 0.3) is 0 Å². The van der Waals surface area contributed by atoms with E-state index in [4.69, 9.17) is 14.3 Å². The van der Waals surface area contributed by atoms with Crippen LogP contribution in [0.3, 0.4) is 0 Å². The molecular weight excluding hydrogens is 276 g/mol. The van der Waals surface area contributed by atoms with Crippen molar-refractivity contribution in [1.29, 1.82) is 0 Å². The lowest BCUT2D eigenvalue weighted by atomic mass is 10.1. The third kappa shape index (κ3) is 5.20. The van der Waals surface area contributed by atoms with Crippen molar-refractivity contribution in [2.24, 2.45) is 0 Å². The lowest BCUT2D eigenvalue weighted by molar-refractivity contribution is -0.123. The molecule has 116 valence electrons. The van der Waals surface area contributed by atoms with E-state index in [2.05, 4.69) is 10.6 Å². The normalized spacial score (nSPS) is 15.8. The van der Waals surface area contributed by atoms with Crippen LogP contribution in [0, 0.1) is 0 Å². The monoisotopic (exact) mass is 296 g/mol. The Bertz CT molecular complexity index is 479. The van der Waals surface area contributed by atoms with E-state index >= 15 is 0 Å². The van der Waals surface area contributed by atoms with Gasteiger partial charge in [-0.05, 0) is 38.1 Å². The molecule has 3 N–H and O–H groups in total. The van der Waals surface area contributed by atoms with Gasteiger partial charge in [0.05, 0.1) is 19.3 Å². The Kier molecular flexibility index (Phi) is 5.77. The van der Waals surface area contributed by atoms with Gasteiger partial charge in [0.2, 0.25) is 11.7 Å². The van der Waals surface area contributed by atoms with Gasteiger partial charge in [-0.25, -0.2) is 4.79 Å². The highest BCUT2D eigenvalue weighted by Crippen LogP contribution is 2.08. The fraction of sp³-hybridized carbons (Fsp3) is 0.571. The number of aromatic carboxylic acids is 1. The summed E-state index contributed by atoms with van der Waals surface area (Å²) in [7, 11) is 0. The van der Waals surface area contributed by atoms with Crippen LogP contribution in [0.1, 0.15) is 35.6 Å². The summed E-state index contributed by atoms with van der Waals surface area (Å²) < 4.78 is 10.7. The number of furan rings is 1. The molecule has 0 aromatic carbocycles. The third-order valence-electron chi connectivity index (χ3n) is 3.30. The molecule has 0 spiro atoms. The Morgan fingerprint density at radius 2 is 2.14 bits per heavy atom. The van der Waals surface area contributed by atoms with Crippen molar-refractivity contribution in [2.45, 2.75) is 31.9 Å². The van der Waals surface area contributed by atoms with Gasteiger partial charge in [0.25, 0.3) is 0 Å². The summed E-state index contributed by atoms with van der Waals surface area (Å²) in [6.07, 6.45) is 2.48. The van der Waals surface area contributed by atoms with Crippen molar-refractivity contribution < 1.29 is 23.8 Å². The molecule has 0 aliphatic carbocycles. The second kappa shape index (κ2) is 7.80. The molecule has 0 bridgehead atoms. The Morgan fingerprint density at radius 3 is 2.81 bits per heavy atom. The van der Waals surface area contributed by atoms with Gasteiger partial charge in [-0.15, -0.1) is 0 Å². The van der Waals surface area contributed by atoms with Crippen molar-refractivity contribution in [1.82, 2.24) is 10.6 Å². The van der Waals surface area contributed by atoms with Crippen molar-refractivity contribution >= 4 is 11.9 Å².